The fraction of sp³-hybridized carbons (Fsp3) is 0.0625. The number of hydrogen-bond donors (Lipinski definition) is 1. The maximum atomic E-state index is 12.6. The SMILES string of the molecule is O=c1c2c([nH]c3ccccc13)-c1cc(Cl)ccc1SC2. The highest BCUT2D eigenvalue weighted by Gasteiger charge is 2.21. The average Bonchev–Trinajstić information content (AvgIpc) is 2.47. The zero-order chi connectivity index (χ0) is 13.7. The first kappa shape index (κ1) is 12.1. The van der Waals surface area contributed by atoms with Crippen LogP contribution < -0.4 is 5.43 Å². The molecule has 1 aliphatic heterocycles. The number of benzene rings is 2. The summed E-state index contributed by atoms with van der Waals surface area (Å²) in [6, 6.07) is 13.4. The van der Waals surface area contributed by atoms with Crippen LogP contribution >= 0.6 is 23.4 Å². The van der Waals surface area contributed by atoms with Crippen molar-refractivity contribution in [2.24, 2.45) is 0 Å². The Morgan fingerprint density at radius 2 is 2.00 bits per heavy atom. The van der Waals surface area contributed by atoms with Crippen molar-refractivity contribution in [3.05, 3.63) is 63.3 Å². The summed E-state index contributed by atoms with van der Waals surface area (Å²) < 4.78 is 0. The molecule has 0 saturated heterocycles. The third-order valence-electron chi connectivity index (χ3n) is 3.59. The first-order chi connectivity index (χ1) is 9.74. The molecule has 1 N–H and O–H groups in total. The summed E-state index contributed by atoms with van der Waals surface area (Å²) >= 11 is 7.78. The van der Waals surface area contributed by atoms with Gasteiger partial charge in [-0.2, -0.15) is 0 Å². The molecule has 2 nitrogen and oxygen atoms in total. The lowest BCUT2D eigenvalue weighted by molar-refractivity contribution is 1.22. The monoisotopic (exact) mass is 299 g/mol. The van der Waals surface area contributed by atoms with Crippen molar-refractivity contribution < 1.29 is 0 Å². The van der Waals surface area contributed by atoms with Crippen LogP contribution in [0.5, 0.6) is 0 Å². The molecule has 0 radical (unpaired) electrons. The van der Waals surface area contributed by atoms with E-state index in [0.29, 0.717) is 10.8 Å². The lowest BCUT2D eigenvalue weighted by Crippen LogP contribution is -2.14. The molecule has 1 aromatic heterocycles. The lowest BCUT2D eigenvalue weighted by atomic mass is 10.0. The summed E-state index contributed by atoms with van der Waals surface area (Å²) in [5, 5.41) is 1.43. The van der Waals surface area contributed by atoms with Gasteiger partial charge in [0.25, 0.3) is 0 Å². The minimum absolute atomic E-state index is 0.118. The molecule has 98 valence electrons. The van der Waals surface area contributed by atoms with Gasteiger partial charge in [0, 0.05) is 37.7 Å². The molecule has 0 unspecified atom stereocenters. The largest absolute Gasteiger partial charge is 0.354 e. The Labute approximate surface area is 124 Å². The first-order valence-electron chi connectivity index (χ1n) is 6.30. The lowest BCUT2D eigenvalue weighted by Gasteiger charge is -2.19. The zero-order valence-electron chi connectivity index (χ0n) is 10.4. The van der Waals surface area contributed by atoms with E-state index >= 15 is 0 Å². The van der Waals surface area contributed by atoms with Crippen LogP contribution in [0.1, 0.15) is 5.56 Å². The van der Waals surface area contributed by atoms with E-state index in [1.54, 1.807) is 11.8 Å². The van der Waals surface area contributed by atoms with Crippen LogP contribution in [-0.4, -0.2) is 4.98 Å². The number of halogens is 1. The number of pyridine rings is 1. The van der Waals surface area contributed by atoms with Crippen LogP contribution in [0.3, 0.4) is 0 Å². The van der Waals surface area contributed by atoms with Gasteiger partial charge in [-0.3, -0.25) is 4.79 Å². The highest BCUT2D eigenvalue weighted by Crippen LogP contribution is 2.40. The van der Waals surface area contributed by atoms with Crippen LogP contribution in [0.25, 0.3) is 22.2 Å². The normalized spacial score (nSPS) is 13.1. The predicted octanol–water partition coefficient (Wildman–Crippen LogP) is 4.45. The first-order valence-corrected chi connectivity index (χ1v) is 7.67. The molecule has 20 heavy (non-hydrogen) atoms. The Morgan fingerprint density at radius 3 is 2.90 bits per heavy atom. The van der Waals surface area contributed by atoms with Gasteiger partial charge in [0.05, 0.1) is 5.69 Å². The van der Waals surface area contributed by atoms with Gasteiger partial charge in [-0.25, -0.2) is 0 Å². The molecular formula is C16H10ClNOS. The van der Waals surface area contributed by atoms with Gasteiger partial charge in [-0.05, 0) is 30.3 Å². The second-order valence-corrected chi connectivity index (χ2v) is 6.24. The van der Waals surface area contributed by atoms with Gasteiger partial charge in [-0.15, -0.1) is 11.8 Å². The quantitative estimate of drug-likeness (QED) is 0.665. The Bertz CT molecular complexity index is 901. The molecule has 0 atom stereocenters. The zero-order valence-corrected chi connectivity index (χ0v) is 12.0. The molecule has 1 aliphatic rings. The minimum atomic E-state index is 0.118. The summed E-state index contributed by atoms with van der Waals surface area (Å²) in [7, 11) is 0. The molecule has 0 spiro atoms. The number of para-hydroxylation sites is 1. The number of nitrogens with one attached hydrogen (secondary N) is 1. The second-order valence-electron chi connectivity index (χ2n) is 4.78. The molecule has 0 amide bonds. The van der Waals surface area contributed by atoms with Gasteiger partial charge in [0.15, 0.2) is 5.43 Å². The minimum Gasteiger partial charge on any atom is -0.354 e. The fourth-order valence-corrected chi connectivity index (χ4v) is 3.85. The van der Waals surface area contributed by atoms with E-state index < -0.39 is 0 Å². The molecular weight excluding hydrogens is 290 g/mol. The van der Waals surface area contributed by atoms with E-state index in [-0.39, 0.29) is 5.43 Å². The number of rotatable bonds is 0. The van der Waals surface area contributed by atoms with Crippen molar-refractivity contribution in [1.82, 2.24) is 4.98 Å². The van der Waals surface area contributed by atoms with Crippen molar-refractivity contribution in [2.45, 2.75) is 10.6 Å². The maximum Gasteiger partial charge on any atom is 0.194 e. The summed E-state index contributed by atoms with van der Waals surface area (Å²) in [6.07, 6.45) is 0. The Hall–Kier alpha value is -1.71. The second kappa shape index (κ2) is 4.40. The van der Waals surface area contributed by atoms with E-state index in [0.717, 1.165) is 32.6 Å². The molecule has 2 heterocycles. The van der Waals surface area contributed by atoms with Crippen molar-refractivity contribution in [2.75, 3.05) is 0 Å². The maximum absolute atomic E-state index is 12.6. The van der Waals surface area contributed by atoms with E-state index in [2.05, 4.69) is 4.98 Å². The van der Waals surface area contributed by atoms with Crippen molar-refractivity contribution in [1.29, 1.82) is 0 Å². The molecule has 4 rings (SSSR count). The predicted molar refractivity (Wildman–Crippen MR) is 84.6 cm³/mol. The topological polar surface area (TPSA) is 32.9 Å². The van der Waals surface area contributed by atoms with Crippen molar-refractivity contribution in [3.8, 4) is 11.3 Å². The Kier molecular flexibility index (Phi) is 2.65. The summed E-state index contributed by atoms with van der Waals surface area (Å²) in [6.45, 7) is 0. The summed E-state index contributed by atoms with van der Waals surface area (Å²) in [4.78, 5) is 17.2. The standard InChI is InChI=1S/C16H10ClNOS/c17-9-5-6-14-11(7-9)15-12(8-20-14)16(19)10-3-1-2-4-13(10)18-15/h1-7H,8H2,(H,18,19). The number of aromatic amines is 1. The molecule has 0 fully saturated rings. The number of hydrogen-bond acceptors (Lipinski definition) is 2. The van der Waals surface area contributed by atoms with Gasteiger partial charge in [0.2, 0.25) is 0 Å². The van der Waals surface area contributed by atoms with Gasteiger partial charge < -0.3 is 4.98 Å². The molecule has 4 heteroatoms. The van der Waals surface area contributed by atoms with Crippen LogP contribution in [0.4, 0.5) is 0 Å². The Morgan fingerprint density at radius 1 is 1.15 bits per heavy atom. The van der Waals surface area contributed by atoms with Gasteiger partial charge in [-0.1, -0.05) is 23.7 Å². The highest BCUT2D eigenvalue weighted by molar-refractivity contribution is 7.98. The van der Waals surface area contributed by atoms with Crippen LogP contribution in [0.15, 0.2) is 52.2 Å². The van der Waals surface area contributed by atoms with Crippen molar-refractivity contribution in [3.63, 3.8) is 0 Å². The molecule has 2 aromatic carbocycles. The van der Waals surface area contributed by atoms with E-state index in [4.69, 9.17) is 11.6 Å². The van der Waals surface area contributed by atoms with E-state index in [1.807, 2.05) is 42.5 Å². The third kappa shape index (κ3) is 1.70. The van der Waals surface area contributed by atoms with E-state index in [9.17, 15) is 4.79 Å². The third-order valence-corrected chi connectivity index (χ3v) is 4.93. The number of fused-ring (bicyclic) bond motifs is 4. The average molecular weight is 300 g/mol. The smallest absolute Gasteiger partial charge is 0.194 e. The molecule has 3 aromatic rings. The summed E-state index contributed by atoms with van der Waals surface area (Å²) in [5.74, 6) is 0.699. The Balaban J connectivity index is 2.13. The van der Waals surface area contributed by atoms with E-state index in [1.165, 1.54) is 0 Å². The molecule has 0 saturated carbocycles. The van der Waals surface area contributed by atoms with Gasteiger partial charge in [0.1, 0.15) is 0 Å². The molecule has 0 bridgehead atoms. The fourth-order valence-electron chi connectivity index (χ4n) is 2.62. The highest BCUT2D eigenvalue weighted by atomic mass is 35.5. The molecule has 0 aliphatic carbocycles. The number of thioether (sulfide) groups is 1. The number of H-pyrrole nitrogens is 1. The van der Waals surface area contributed by atoms with Crippen LogP contribution in [0, 0.1) is 0 Å². The van der Waals surface area contributed by atoms with Crippen LogP contribution in [-0.2, 0) is 5.75 Å². The van der Waals surface area contributed by atoms with Crippen LogP contribution in [0.2, 0.25) is 5.02 Å². The van der Waals surface area contributed by atoms with Crippen molar-refractivity contribution >= 4 is 34.3 Å². The summed E-state index contributed by atoms with van der Waals surface area (Å²) in [5.41, 5.74) is 3.75. The number of aromatic nitrogens is 1. The van der Waals surface area contributed by atoms with Gasteiger partial charge >= 0.3 is 0 Å².